The van der Waals surface area contributed by atoms with Crippen molar-refractivity contribution >= 4 is 42.7 Å². The quantitative estimate of drug-likeness (QED) is 0.424. The molecule has 2 aromatic carbocycles. The molecular weight excluding hydrogens is 468 g/mol. The number of amides is 1. The smallest absolute Gasteiger partial charge is 0.470 e. The molecule has 0 aliphatic carbocycles. The van der Waals surface area contributed by atoms with Gasteiger partial charge >= 0.3 is 7.82 Å². The van der Waals surface area contributed by atoms with Crippen LogP contribution in [0.4, 0.5) is 0 Å². The normalized spacial score (nSPS) is 19.8. The summed E-state index contributed by atoms with van der Waals surface area (Å²) in [5.74, 6) is -0.542. The van der Waals surface area contributed by atoms with Crippen molar-refractivity contribution in [1.29, 1.82) is 0 Å². The number of fused-ring (bicyclic) bond motifs is 1. The van der Waals surface area contributed by atoms with E-state index in [-0.39, 0.29) is 21.4 Å². The molecule has 0 bridgehead atoms. The van der Waals surface area contributed by atoms with Gasteiger partial charge in [-0.1, -0.05) is 29.3 Å². The van der Waals surface area contributed by atoms with Crippen LogP contribution < -0.4 is 10.1 Å². The third-order valence-corrected chi connectivity index (χ3v) is 6.17. The van der Waals surface area contributed by atoms with E-state index in [1.54, 1.807) is 32.0 Å². The van der Waals surface area contributed by atoms with Gasteiger partial charge in [-0.25, -0.2) is 4.57 Å². The van der Waals surface area contributed by atoms with Crippen molar-refractivity contribution in [3.8, 4) is 5.75 Å². The van der Waals surface area contributed by atoms with E-state index in [9.17, 15) is 23.9 Å². The van der Waals surface area contributed by atoms with Crippen molar-refractivity contribution in [2.45, 2.75) is 38.5 Å². The molecule has 0 saturated heterocycles. The van der Waals surface area contributed by atoms with Crippen LogP contribution in [0.5, 0.6) is 5.75 Å². The van der Waals surface area contributed by atoms with Crippen LogP contribution in [0.25, 0.3) is 0 Å². The Balaban J connectivity index is 2.12. The number of carbonyl (C=O) groups is 2. The van der Waals surface area contributed by atoms with Crippen molar-refractivity contribution in [3.63, 3.8) is 0 Å². The number of carbonyl (C=O) groups excluding carboxylic acids is 2. The second-order valence-electron chi connectivity index (χ2n) is 7.58. The van der Waals surface area contributed by atoms with E-state index in [1.807, 2.05) is 0 Å². The average molecular weight is 488 g/mol. The number of hydrogen-bond acceptors (Lipinski definition) is 5. The maximum absolute atomic E-state index is 13.0. The summed E-state index contributed by atoms with van der Waals surface area (Å²) in [7, 11) is -4.97. The van der Waals surface area contributed by atoms with Crippen LogP contribution in [0.3, 0.4) is 0 Å². The molecule has 0 unspecified atom stereocenters. The highest BCUT2D eigenvalue weighted by atomic mass is 35.5. The molecule has 8 nitrogen and oxygen atoms in total. The lowest BCUT2D eigenvalue weighted by Crippen LogP contribution is -2.54. The van der Waals surface area contributed by atoms with Crippen LogP contribution in [0.1, 0.15) is 53.1 Å². The number of ketones is 1. The molecule has 0 saturated carbocycles. The standard InChI is InChI=1S/C20H20Cl2NO7P/c1-10(24)11-7-8-15-13(9-11)17(18(20(2,3)29-15)30-31(26,27)28)23-19(25)12-5-4-6-14(21)16(12)22/h4-9,17-18H,1-3H3,(H,23,25)(H2,26,27,28)/t17-,18-/m1/s1. The molecule has 1 aliphatic heterocycles. The first-order chi connectivity index (χ1) is 14.3. The number of benzene rings is 2. The first-order valence-electron chi connectivity index (χ1n) is 9.13. The Labute approximate surface area is 188 Å². The largest absolute Gasteiger partial charge is 0.485 e. The third-order valence-electron chi connectivity index (χ3n) is 4.85. The van der Waals surface area contributed by atoms with Gasteiger partial charge in [-0.2, -0.15) is 0 Å². The maximum Gasteiger partial charge on any atom is 0.470 e. The second kappa shape index (κ2) is 8.54. The molecule has 2 aromatic rings. The zero-order valence-electron chi connectivity index (χ0n) is 16.8. The Morgan fingerprint density at radius 2 is 1.87 bits per heavy atom. The first-order valence-corrected chi connectivity index (χ1v) is 11.4. The van der Waals surface area contributed by atoms with Crippen LogP contribution in [0.2, 0.25) is 10.0 Å². The van der Waals surface area contributed by atoms with Crippen molar-refractivity contribution in [1.82, 2.24) is 5.32 Å². The summed E-state index contributed by atoms with van der Waals surface area (Å²) in [6.07, 6.45) is -1.30. The van der Waals surface area contributed by atoms with Crippen molar-refractivity contribution in [2.75, 3.05) is 0 Å². The van der Waals surface area contributed by atoms with Crippen molar-refractivity contribution < 1.29 is 33.2 Å². The minimum Gasteiger partial charge on any atom is -0.485 e. The molecule has 0 aromatic heterocycles. The lowest BCUT2D eigenvalue weighted by molar-refractivity contribution is -0.0597. The fraction of sp³-hybridized carbons (Fsp3) is 0.300. The number of hydrogen-bond donors (Lipinski definition) is 3. The van der Waals surface area contributed by atoms with E-state index in [2.05, 4.69) is 5.32 Å². The molecule has 0 radical (unpaired) electrons. The number of Topliss-reactive ketones (excluding diaryl/α,β-unsaturated/α-hetero) is 1. The minimum atomic E-state index is -4.97. The summed E-state index contributed by atoms with van der Waals surface area (Å²) in [4.78, 5) is 43.9. The lowest BCUT2D eigenvalue weighted by atomic mass is 9.85. The van der Waals surface area contributed by atoms with E-state index in [0.717, 1.165) is 0 Å². The molecule has 1 aliphatic rings. The predicted molar refractivity (Wildman–Crippen MR) is 115 cm³/mol. The van der Waals surface area contributed by atoms with E-state index in [0.29, 0.717) is 16.9 Å². The number of rotatable bonds is 5. The first kappa shape index (κ1) is 23.7. The zero-order chi connectivity index (χ0) is 23.1. The average Bonchev–Trinajstić information content (AvgIpc) is 2.65. The van der Waals surface area contributed by atoms with Gasteiger partial charge in [0, 0.05) is 11.1 Å². The van der Waals surface area contributed by atoms with Crippen LogP contribution in [0, 0.1) is 0 Å². The molecule has 2 atom stereocenters. The number of ether oxygens (including phenoxy) is 1. The van der Waals surface area contributed by atoms with Crippen molar-refractivity contribution in [2.24, 2.45) is 0 Å². The number of phosphoric acid groups is 1. The van der Waals surface area contributed by atoms with Crippen LogP contribution >= 0.6 is 31.0 Å². The highest BCUT2D eigenvalue weighted by molar-refractivity contribution is 7.46. The van der Waals surface area contributed by atoms with E-state index in [4.69, 9.17) is 32.5 Å². The second-order valence-corrected chi connectivity index (χ2v) is 9.56. The lowest BCUT2D eigenvalue weighted by Gasteiger charge is -2.44. The van der Waals surface area contributed by atoms with Crippen molar-refractivity contribution in [3.05, 3.63) is 63.1 Å². The van der Waals surface area contributed by atoms with Gasteiger partial charge in [-0.3, -0.25) is 14.1 Å². The fourth-order valence-corrected chi connectivity index (χ4v) is 4.45. The SMILES string of the molecule is CC(=O)c1ccc2c(c1)[C@@H](NC(=O)c1cccc(Cl)c1Cl)[C@@H](OP(=O)(O)O)C(C)(C)O2. The summed E-state index contributed by atoms with van der Waals surface area (Å²) in [6, 6.07) is 8.07. The highest BCUT2D eigenvalue weighted by Gasteiger charge is 2.48. The molecule has 3 N–H and O–H groups in total. The van der Waals surface area contributed by atoms with Crippen LogP contribution in [0.15, 0.2) is 36.4 Å². The van der Waals surface area contributed by atoms with Gasteiger partial charge in [0.15, 0.2) is 5.78 Å². The van der Waals surface area contributed by atoms with Gasteiger partial charge in [-0.05, 0) is 51.1 Å². The molecule has 0 spiro atoms. The van der Waals surface area contributed by atoms with Gasteiger partial charge in [0.25, 0.3) is 5.91 Å². The highest BCUT2D eigenvalue weighted by Crippen LogP contribution is 2.49. The fourth-order valence-electron chi connectivity index (χ4n) is 3.40. The Bertz CT molecular complexity index is 1100. The summed E-state index contributed by atoms with van der Waals surface area (Å²) in [5, 5.41) is 2.91. The monoisotopic (exact) mass is 487 g/mol. The molecule has 1 heterocycles. The van der Waals surface area contributed by atoms with Gasteiger partial charge < -0.3 is 19.8 Å². The van der Waals surface area contributed by atoms with Crippen LogP contribution in [-0.2, 0) is 9.09 Å². The topological polar surface area (TPSA) is 122 Å². The van der Waals surface area contributed by atoms with Crippen LogP contribution in [-0.4, -0.2) is 33.2 Å². The molecule has 11 heteroatoms. The van der Waals surface area contributed by atoms with E-state index < -0.39 is 31.5 Å². The van der Waals surface area contributed by atoms with Gasteiger partial charge in [0.1, 0.15) is 17.5 Å². The Morgan fingerprint density at radius 1 is 1.19 bits per heavy atom. The summed E-state index contributed by atoms with van der Waals surface area (Å²) >= 11 is 12.2. The number of nitrogens with one attached hydrogen (secondary N) is 1. The summed E-state index contributed by atoms with van der Waals surface area (Å²) in [5.41, 5.74) is -0.520. The van der Waals surface area contributed by atoms with Gasteiger partial charge in [0.05, 0.1) is 21.7 Å². The summed E-state index contributed by atoms with van der Waals surface area (Å²) in [6.45, 7) is 4.51. The zero-order valence-corrected chi connectivity index (χ0v) is 19.2. The molecule has 31 heavy (non-hydrogen) atoms. The molecule has 1 amide bonds. The van der Waals surface area contributed by atoms with Gasteiger partial charge in [-0.15, -0.1) is 0 Å². The third kappa shape index (κ3) is 5.12. The molecule has 0 fully saturated rings. The number of phosphoric ester groups is 1. The maximum atomic E-state index is 13.0. The Kier molecular flexibility index (Phi) is 6.54. The van der Waals surface area contributed by atoms with E-state index >= 15 is 0 Å². The Morgan fingerprint density at radius 3 is 2.48 bits per heavy atom. The number of halogens is 2. The Hall–Kier alpha value is -1.93. The minimum absolute atomic E-state index is 0.0261. The molecular formula is C20H20Cl2NO7P. The van der Waals surface area contributed by atoms with E-state index in [1.165, 1.54) is 25.1 Å². The predicted octanol–water partition coefficient (Wildman–Crippen LogP) is 4.32. The molecule has 3 rings (SSSR count). The molecule has 166 valence electrons. The van der Waals surface area contributed by atoms with Gasteiger partial charge in [0.2, 0.25) is 0 Å². The summed E-state index contributed by atoms with van der Waals surface area (Å²) < 4.78 is 22.6.